The standard InChI is InChI=1S/C12H14O/c1-3-4-12(9-13)11-7-5-10(2)6-8-11/h4-9H,3H2,1-2H3/b12-4-. The van der Waals surface area contributed by atoms with E-state index in [-0.39, 0.29) is 0 Å². The van der Waals surface area contributed by atoms with Gasteiger partial charge >= 0.3 is 0 Å². The number of allylic oxidation sites excluding steroid dienone is 2. The summed E-state index contributed by atoms with van der Waals surface area (Å²) in [5.74, 6) is 0. The number of rotatable bonds is 3. The van der Waals surface area contributed by atoms with Crippen LogP contribution in [0.3, 0.4) is 0 Å². The summed E-state index contributed by atoms with van der Waals surface area (Å²) in [7, 11) is 0. The number of hydrogen-bond acceptors (Lipinski definition) is 1. The van der Waals surface area contributed by atoms with Crippen LogP contribution in [0.1, 0.15) is 24.5 Å². The second-order valence-electron chi connectivity index (χ2n) is 3.05. The average molecular weight is 174 g/mol. The molecule has 0 saturated carbocycles. The molecule has 1 heteroatoms. The first-order valence-corrected chi connectivity index (χ1v) is 4.50. The van der Waals surface area contributed by atoms with Gasteiger partial charge in [0.2, 0.25) is 0 Å². The molecule has 0 amide bonds. The molecule has 0 bridgehead atoms. The summed E-state index contributed by atoms with van der Waals surface area (Å²) in [6.45, 7) is 4.06. The van der Waals surface area contributed by atoms with E-state index in [2.05, 4.69) is 0 Å². The highest BCUT2D eigenvalue weighted by molar-refractivity contribution is 6.06. The summed E-state index contributed by atoms with van der Waals surface area (Å²) >= 11 is 0. The summed E-state index contributed by atoms with van der Waals surface area (Å²) in [4.78, 5) is 10.7. The third-order valence-electron chi connectivity index (χ3n) is 1.94. The van der Waals surface area contributed by atoms with Gasteiger partial charge in [-0.05, 0) is 18.9 Å². The third kappa shape index (κ3) is 2.55. The lowest BCUT2D eigenvalue weighted by Crippen LogP contribution is -1.85. The van der Waals surface area contributed by atoms with Gasteiger partial charge in [-0.2, -0.15) is 0 Å². The Morgan fingerprint density at radius 3 is 2.38 bits per heavy atom. The molecule has 0 radical (unpaired) electrons. The molecule has 1 aromatic rings. The zero-order chi connectivity index (χ0) is 9.68. The Bertz CT molecular complexity index is 306. The Labute approximate surface area is 79.1 Å². The zero-order valence-electron chi connectivity index (χ0n) is 8.08. The lowest BCUT2D eigenvalue weighted by molar-refractivity contribution is -0.103. The molecular formula is C12H14O. The summed E-state index contributed by atoms with van der Waals surface area (Å²) in [5, 5.41) is 0. The van der Waals surface area contributed by atoms with Gasteiger partial charge < -0.3 is 0 Å². The number of benzene rings is 1. The van der Waals surface area contributed by atoms with Gasteiger partial charge in [0.1, 0.15) is 6.29 Å². The monoisotopic (exact) mass is 174 g/mol. The molecule has 1 aromatic carbocycles. The minimum Gasteiger partial charge on any atom is -0.298 e. The Hall–Kier alpha value is -1.37. The van der Waals surface area contributed by atoms with Crippen molar-refractivity contribution < 1.29 is 4.79 Å². The van der Waals surface area contributed by atoms with Crippen LogP contribution in [0.4, 0.5) is 0 Å². The van der Waals surface area contributed by atoms with Crippen molar-refractivity contribution in [2.45, 2.75) is 20.3 Å². The van der Waals surface area contributed by atoms with Crippen molar-refractivity contribution in [3.63, 3.8) is 0 Å². The van der Waals surface area contributed by atoms with E-state index in [9.17, 15) is 4.79 Å². The molecule has 0 aliphatic heterocycles. The van der Waals surface area contributed by atoms with Crippen molar-refractivity contribution in [2.24, 2.45) is 0 Å². The van der Waals surface area contributed by atoms with Crippen molar-refractivity contribution in [3.8, 4) is 0 Å². The molecule has 68 valence electrons. The van der Waals surface area contributed by atoms with Gasteiger partial charge in [-0.3, -0.25) is 4.79 Å². The zero-order valence-corrected chi connectivity index (χ0v) is 8.08. The Kier molecular flexibility index (Phi) is 3.44. The van der Waals surface area contributed by atoms with Gasteiger partial charge in [0.25, 0.3) is 0 Å². The van der Waals surface area contributed by atoms with Gasteiger partial charge in [0.05, 0.1) is 0 Å². The minimum atomic E-state index is 0.780. The fourth-order valence-corrected chi connectivity index (χ4v) is 1.20. The fraction of sp³-hybridized carbons (Fsp3) is 0.250. The van der Waals surface area contributed by atoms with Crippen LogP contribution in [0.25, 0.3) is 5.57 Å². The second-order valence-corrected chi connectivity index (χ2v) is 3.05. The number of carbonyl (C=O) groups excluding carboxylic acids is 1. The Morgan fingerprint density at radius 1 is 1.31 bits per heavy atom. The summed E-state index contributed by atoms with van der Waals surface area (Å²) in [5.41, 5.74) is 3.00. The molecule has 0 aliphatic carbocycles. The van der Waals surface area contributed by atoms with Crippen molar-refractivity contribution in [3.05, 3.63) is 41.5 Å². The van der Waals surface area contributed by atoms with Crippen LogP contribution in [0.15, 0.2) is 30.3 Å². The molecule has 0 aliphatic rings. The van der Waals surface area contributed by atoms with Crippen molar-refractivity contribution in [1.82, 2.24) is 0 Å². The van der Waals surface area contributed by atoms with Crippen LogP contribution in [0.5, 0.6) is 0 Å². The fourth-order valence-electron chi connectivity index (χ4n) is 1.20. The van der Waals surface area contributed by atoms with Crippen molar-refractivity contribution >= 4 is 11.9 Å². The van der Waals surface area contributed by atoms with E-state index in [1.807, 2.05) is 44.2 Å². The van der Waals surface area contributed by atoms with E-state index in [1.165, 1.54) is 5.56 Å². The summed E-state index contributed by atoms with van der Waals surface area (Å²) < 4.78 is 0. The number of aldehydes is 1. The molecular weight excluding hydrogens is 160 g/mol. The van der Waals surface area contributed by atoms with Gasteiger partial charge in [-0.25, -0.2) is 0 Å². The molecule has 0 spiro atoms. The van der Waals surface area contributed by atoms with Gasteiger partial charge in [0.15, 0.2) is 0 Å². The maximum absolute atomic E-state index is 10.7. The van der Waals surface area contributed by atoms with E-state index in [1.54, 1.807) is 0 Å². The smallest absolute Gasteiger partial charge is 0.150 e. The normalized spacial score (nSPS) is 11.4. The quantitative estimate of drug-likeness (QED) is 0.508. The first-order valence-electron chi connectivity index (χ1n) is 4.50. The van der Waals surface area contributed by atoms with Crippen LogP contribution >= 0.6 is 0 Å². The van der Waals surface area contributed by atoms with Gasteiger partial charge in [0, 0.05) is 5.57 Å². The van der Waals surface area contributed by atoms with E-state index in [0.29, 0.717) is 0 Å². The van der Waals surface area contributed by atoms with Crippen LogP contribution in [-0.4, -0.2) is 6.29 Å². The first kappa shape index (κ1) is 9.72. The molecule has 0 unspecified atom stereocenters. The maximum atomic E-state index is 10.7. The lowest BCUT2D eigenvalue weighted by atomic mass is 10.0. The SMILES string of the molecule is CC/C=C(/C=O)c1ccc(C)cc1. The molecule has 0 N–H and O–H groups in total. The van der Waals surface area contributed by atoms with E-state index in [0.717, 1.165) is 23.8 Å². The summed E-state index contributed by atoms with van der Waals surface area (Å²) in [6.07, 6.45) is 3.74. The van der Waals surface area contributed by atoms with Gasteiger partial charge in [-0.15, -0.1) is 0 Å². The van der Waals surface area contributed by atoms with Crippen LogP contribution < -0.4 is 0 Å². The van der Waals surface area contributed by atoms with E-state index >= 15 is 0 Å². The highest BCUT2D eigenvalue weighted by atomic mass is 16.1. The third-order valence-corrected chi connectivity index (χ3v) is 1.94. The minimum absolute atomic E-state index is 0.780. The topological polar surface area (TPSA) is 17.1 Å². The second kappa shape index (κ2) is 4.61. The van der Waals surface area contributed by atoms with E-state index in [4.69, 9.17) is 0 Å². The average Bonchev–Trinajstić information content (AvgIpc) is 2.16. The molecule has 0 heterocycles. The molecule has 0 fully saturated rings. The van der Waals surface area contributed by atoms with Crippen LogP contribution in [0, 0.1) is 6.92 Å². The summed E-state index contributed by atoms with van der Waals surface area (Å²) in [6, 6.07) is 7.99. The Morgan fingerprint density at radius 2 is 1.92 bits per heavy atom. The Balaban J connectivity index is 2.99. The van der Waals surface area contributed by atoms with E-state index < -0.39 is 0 Å². The molecule has 0 atom stereocenters. The number of aryl methyl sites for hydroxylation is 1. The lowest BCUT2D eigenvalue weighted by Gasteiger charge is -1.99. The molecule has 0 saturated heterocycles. The first-order chi connectivity index (χ1) is 6.27. The number of carbonyl (C=O) groups is 1. The predicted octanol–water partition coefficient (Wildman–Crippen LogP) is 2.99. The van der Waals surface area contributed by atoms with Crippen LogP contribution in [-0.2, 0) is 4.79 Å². The predicted molar refractivity (Wildman–Crippen MR) is 55.5 cm³/mol. The molecule has 13 heavy (non-hydrogen) atoms. The maximum Gasteiger partial charge on any atom is 0.150 e. The molecule has 1 rings (SSSR count). The highest BCUT2D eigenvalue weighted by Gasteiger charge is 1.97. The highest BCUT2D eigenvalue weighted by Crippen LogP contribution is 2.13. The molecule has 1 nitrogen and oxygen atoms in total. The number of hydrogen-bond donors (Lipinski definition) is 0. The molecule has 0 aromatic heterocycles. The van der Waals surface area contributed by atoms with Crippen LogP contribution in [0.2, 0.25) is 0 Å². The largest absolute Gasteiger partial charge is 0.298 e. The van der Waals surface area contributed by atoms with Crippen molar-refractivity contribution in [2.75, 3.05) is 0 Å². The van der Waals surface area contributed by atoms with Gasteiger partial charge in [-0.1, -0.05) is 42.8 Å². The van der Waals surface area contributed by atoms with Crippen molar-refractivity contribution in [1.29, 1.82) is 0 Å².